The molecule has 1 spiro atoms. The third-order valence-corrected chi connectivity index (χ3v) is 3.56. The molecule has 1 aromatic carbocycles. The van der Waals surface area contributed by atoms with E-state index in [0.29, 0.717) is 5.41 Å². The van der Waals surface area contributed by atoms with Gasteiger partial charge < -0.3 is 0 Å². The number of nitrogens with zero attached hydrogens (tertiary/aromatic N) is 1. The van der Waals surface area contributed by atoms with Crippen molar-refractivity contribution in [1.29, 1.82) is 0 Å². The van der Waals surface area contributed by atoms with E-state index in [0.717, 1.165) is 6.54 Å². The Morgan fingerprint density at radius 2 is 2.15 bits per heavy atom. The molecule has 0 saturated heterocycles. The molecular formula is C11H10BrN. The molecule has 1 fully saturated rings. The van der Waals surface area contributed by atoms with Crippen LogP contribution in [0, 0.1) is 0 Å². The Morgan fingerprint density at radius 1 is 1.31 bits per heavy atom. The molecule has 0 radical (unpaired) electrons. The van der Waals surface area contributed by atoms with Gasteiger partial charge in [0.1, 0.15) is 0 Å². The molecule has 2 heteroatoms. The first kappa shape index (κ1) is 7.74. The zero-order valence-corrected chi connectivity index (χ0v) is 8.84. The van der Waals surface area contributed by atoms with Crippen LogP contribution in [0.2, 0.25) is 0 Å². The molecule has 3 rings (SSSR count). The number of fused-ring (bicyclic) bond motifs is 2. The molecule has 0 aromatic heterocycles. The van der Waals surface area contributed by atoms with Gasteiger partial charge in [-0.05, 0) is 36.1 Å². The fourth-order valence-corrected chi connectivity index (χ4v) is 2.44. The van der Waals surface area contributed by atoms with Gasteiger partial charge in [0, 0.05) is 22.6 Å². The van der Waals surface area contributed by atoms with Crippen LogP contribution < -0.4 is 0 Å². The minimum atomic E-state index is 0.424. The van der Waals surface area contributed by atoms with Gasteiger partial charge in [0.25, 0.3) is 0 Å². The summed E-state index contributed by atoms with van der Waals surface area (Å²) < 4.78 is 1.19. The summed E-state index contributed by atoms with van der Waals surface area (Å²) in [7, 11) is 0. The summed E-state index contributed by atoms with van der Waals surface area (Å²) in [6.07, 6.45) is 4.63. The third kappa shape index (κ3) is 1.08. The summed E-state index contributed by atoms with van der Waals surface area (Å²) in [4.78, 5) is 4.42. The topological polar surface area (TPSA) is 12.4 Å². The van der Waals surface area contributed by atoms with Crippen LogP contribution in [0.25, 0.3) is 0 Å². The predicted octanol–water partition coefficient (Wildman–Crippen LogP) is 2.91. The zero-order valence-electron chi connectivity index (χ0n) is 7.26. The largest absolute Gasteiger partial charge is 0.292 e. The van der Waals surface area contributed by atoms with E-state index in [2.05, 4.69) is 39.1 Å². The second-order valence-corrected chi connectivity index (χ2v) is 4.90. The number of hydrogen-bond donors (Lipinski definition) is 0. The van der Waals surface area contributed by atoms with E-state index in [1.54, 1.807) is 0 Å². The lowest BCUT2D eigenvalue weighted by Gasteiger charge is -2.20. The summed E-state index contributed by atoms with van der Waals surface area (Å²) >= 11 is 3.53. The Labute approximate surface area is 86.0 Å². The number of aliphatic imine (C=N–C) groups is 1. The normalized spacial score (nSPS) is 21.6. The molecule has 1 nitrogen and oxygen atoms in total. The lowest BCUT2D eigenvalue weighted by Crippen LogP contribution is -2.17. The van der Waals surface area contributed by atoms with Gasteiger partial charge in [0.15, 0.2) is 0 Å². The summed E-state index contributed by atoms with van der Waals surface area (Å²) in [5, 5.41) is 0. The molecule has 66 valence electrons. The number of halogens is 1. The van der Waals surface area contributed by atoms with Gasteiger partial charge in [0.2, 0.25) is 0 Å². The molecule has 0 bridgehead atoms. The quantitative estimate of drug-likeness (QED) is 0.656. The molecule has 2 aliphatic rings. The van der Waals surface area contributed by atoms with E-state index >= 15 is 0 Å². The van der Waals surface area contributed by atoms with Crippen molar-refractivity contribution >= 4 is 22.1 Å². The van der Waals surface area contributed by atoms with Gasteiger partial charge in [-0.2, -0.15) is 0 Å². The SMILES string of the molecule is Brc1ccc2c(c1)C1(CC1)CN=C2. The van der Waals surface area contributed by atoms with Crippen LogP contribution in [0.15, 0.2) is 27.7 Å². The average molecular weight is 236 g/mol. The Balaban J connectivity index is 2.22. The summed E-state index contributed by atoms with van der Waals surface area (Å²) in [6.45, 7) is 0.996. The van der Waals surface area contributed by atoms with Crippen molar-refractivity contribution in [1.82, 2.24) is 0 Å². The molecule has 1 aliphatic heterocycles. The Bertz CT molecular complexity index is 391. The van der Waals surface area contributed by atoms with Crippen molar-refractivity contribution in [2.45, 2.75) is 18.3 Å². The zero-order chi connectivity index (χ0) is 8.89. The molecule has 0 amide bonds. The van der Waals surface area contributed by atoms with E-state index in [4.69, 9.17) is 0 Å². The van der Waals surface area contributed by atoms with Crippen molar-refractivity contribution in [2.24, 2.45) is 4.99 Å². The minimum Gasteiger partial charge on any atom is -0.292 e. The second-order valence-electron chi connectivity index (χ2n) is 3.98. The van der Waals surface area contributed by atoms with Crippen molar-refractivity contribution in [2.75, 3.05) is 6.54 Å². The summed E-state index contributed by atoms with van der Waals surface area (Å²) in [5.74, 6) is 0. The van der Waals surface area contributed by atoms with Crippen LogP contribution in [-0.4, -0.2) is 12.8 Å². The van der Waals surface area contributed by atoms with E-state index in [1.165, 1.54) is 28.4 Å². The molecule has 13 heavy (non-hydrogen) atoms. The highest BCUT2D eigenvalue weighted by atomic mass is 79.9. The smallest absolute Gasteiger partial charge is 0.0486 e. The fraction of sp³-hybridized carbons (Fsp3) is 0.364. The van der Waals surface area contributed by atoms with E-state index in [9.17, 15) is 0 Å². The monoisotopic (exact) mass is 235 g/mol. The van der Waals surface area contributed by atoms with Crippen molar-refractivity contribution in [3.05, 3.63) is 33.8 Å². The maximum Gasteiger partial charge on any atom is 0.0486 e. The minimum absolute atomic E-state index is 0.424. The van der Waals surface area contributed by atoms with Crippen molar-refractivity contribution in [3.8, 4) is 0 Å². The second kappa shape index (κ2) is 2.44. The van der Waals surface area contributed by atoms with Gasteiger partial charge in [0.05, 0.1) is 0 Å². The molecule has 0 atom stereocenters. The van der Waals surface area contributed by atoms with Gasteiger partial charge in [-0.3, -0.25) is 4.99 Å². The van der Waals surface area contributed by atoms with Crippen LogP contribution in [0.4, 0.5) is 0 Å². The highest BCUT2D eigenvalue weighted by Gasteiger charge is 2.46. The summed E-state index contributed by atoms with van der Waals surface area (Å²) in [6, 6.07) is 6.50. The Kier molecular flexibility index (Phi) is 1.46. The average Bonchev–Trinajstić information content (AvgIpc) is 2.88. The molecule has 0 unspecified atom stereocenters. The van der Waals surface area contributed by atoms with Gasteiger partial charge in [-0.15, -0.1) is 0 Å². The van der Waals surface area contributed by atoms with E-state index in [-0.39, 0.29) is 0 Å². The van der Waals surface area contributed by atoms with Gasteiger partial charge in [-0.1, -0.05) is 22.0 Å². The molecule has 1 saturated carbocycles. The van der Waals surface area contributed by atoms with Crippen LogP contribution in [-0.2, 0) is 5.41 Å². The first-order valence-electron chi connectivity index (χ1n) is 4.60. The molecule has 1 heterocycles. The fourth-order valence-electron chi connectivity index (χ4n) is 2.08. The molecule has 0 N–H and O–H groups in total. The lowest BCUT2D eigenvalue weighted by atomic mass is 9.90. The number of hydrogen-bond acceptors (Lipinski definition) is 1. The number of rotatable bonds is 0. The maximum atomic E-state index is 4.42. The molecular weight excluding hydrogens is 226 g/mol. The predicted molar refractivity (Wildman–Crippen MR) is 57.5 cm³/mol. The van der Waals surface area contributed by atoms with E-state index in [1.807, 2.05) is 6.21 Å². The van der Waals surface area contributed by atoms with Crippen LogP contribution in [0.5, 0.6) is 0 Å². The Hall–Kier alpha value is -0.630. The first-order valence-corrected chi connectivity index (χ1v) is 5.39. The lowest BCUT2D eigenvalue weighted by molar-refractivity contribution is 0.696. The van der Waals surface area contributed by atoms with E-state index < -0.39 is 0 Å². The third-order valence-electron chi connectivity index (χ3n) is 3.06. The highest BCUT2D eigenvalue weighted by Crippen LogP contribution is 2.51. The Morgan fingerprint density at radius 3 is 2.92 bits per heavy atom. The first-order chi connectivity index (χ1) is 6.30. The maximum absolute atomic E-state index is 4.42. The van der Waals surface area contributed by atoms with Gasteiger partial charge in [-0.25, -0.2) is 0 Å². The standard InChI is InChI=1S/C11H10BrN/c12-9-2-1-8-6-13-7-11(3-4-11)10(8)5-9/h1-2,5-6H,3-4,7H2. The van der Waals surface area contributed by atoms with Crippen LogP contribution in [0.3, 0.4) is 0 Å². The van der Waals surface area contributed by atoms with Crippen LogP contribution in [0.1, 0.15) is 24.0 Å². The van der Waals surface area contributed by atoms with Crippen LogP contribution >= 0.6 is 15.9 Å². The highest BCUT2D eigenvalue weighted by molar-refractivity contribution is 9.10. The van der Waals surface area contributed by atoms with Gasteiger partial charge >= 0.3 is 0 Å². The molecule has 1 aromatic rings. The summed E-state index contributed by atoms with van der Waals surface area (Å²) in [5.41, 5.74) is 3.23. The van der Waals surface area contributed by atoms with Crippen molar-refractivity contribution in [3.63, 3.8) is 0 Å². The van der Waals surface area contributed by atoms with Crippen molar-refractivity contribution < 1.29 is 0 Å². The molecule has 1 aliphatic carbocycles. The number of benzene rings is 1.